The first-order valence-corrected chi connectivity index (χ1v) is 6.83. The fourth-order valence-electron chi connectivity index (χ4n) is 2.70. The molecular formula is C15H22FNO2. The zero-order chi connectivity index (χ0) is 13.8. The third-order valence-corrected chi connectivity index (χ3v) is 3.72. The van der Waals surface area contributed by atoms with Gasteiger partial charge in [-0.1, -0.05) is 6.07 Å². The van der Waals surface area contributed by atoms with Crippen molar-refractivity contribution in [3.63, 3.8) is 0 Å². The molecule has 0 saturated carbocycles. The quantitative estimate of drug-likeness (QED) is 0.910. The molecule has 0 aromatic heterocycles. The van der Waals surface area contributed by atoms with Crippen molar-refractivity contribution in [2.45, 2.75) is 25.9 Å². The Hall–Kier alpha value is -1.13. The molecule has 1 fully saturated rings. The van der Waals surface area contributed by atoms with E-state index in [0.717, 1.165) is 32.5 Å². The van der Waals surface area contributed by atoms with Crippen LogP contribution in [0.4, 0.5) is 10.1 Å². The number of methoxy groups -OCH3 is 1. The van der Waals surface area contributed by atoms with Crippen LogP contribution in [0.5, 0.6) is 0 Å². The average Bonchev–Trinajstić information content (AvgIpc) is 2.39. The van der Waals surface area contributed by atoms with Gasteiger partial charge in [-0.2, -0.15) is 0 Å². The van der Waals surface area contributed by atoms with Gasteiger partial charge in [-0.15, -0.1) is 0 Å². The van der Waals surface area contributed by atoms with Crippen LogP contribution in [-0.2, 0) is 4.74 Å². The van der Waals surface area contributed by atoms with E-state index in [0.29, 0.717) is 17.2 Å². The molecule has 19 heavy (non-hydrogen) atoms. The number of anilines is 1. The summed E-state index contributed by atoms with van der Waals surface area (Å²) in [6.45, 7) is 4.08. The van der Waals surface area contributed by atoms with Crippen molar-refractivity contribution in [3.05, 3.63) is 29.6 Å². The van der Waals surface area contributed by atoms with Crippen molar-refractivity contribution < 1.29 is 14.2 Å². The van der Waals surface area contributed by atoms with E-state index in [1.54, 1.807) is 26.2 Å². The van der Waals surface area contributed by atoms with Gasteiger partial charge in [0.2, 0.25) is 0 Å². The third kappa shape index (κ3) is 3.45. The van der Waals surface area contributed by atoms with Crippen LogP contribution in [0.2, 0.25) is 0 Å². The zero-order valence-corrected chi connectivity index (χ0v) is 11.6. The lowest BCUT2D eigenvalue weighted by molar-refractivity contribution is 0.143. The largest absolute Gasteiger partial charge is 0.389 e. The molecule has 0 radical (unpaired) electrons. The molecule has 0 bridgehead atoms. The number of benzene rings is 1. The first-order chi connectivity index (χ1) is 9.11. The number of piperidine rings is 1. The van der Waals surface area contributed by atoms with Crippen LogP contribution in [0.25, 0.3) is 0 Å². The molecule has 0 aliphatic carbocycles. The Morgan fingerprint density at radius 3 is 2.95 bits per heavy atom. The van der Waals surface area contributed by atoms with Gasteiger partial charge in [-0.3, -0.25) is 0 Å². The normalized spacial score (nSPS) is 21.5. The molecule has 1 aromatic carbocycles. The molecule has 106 valence electrons. The second-order valence-electron chi connectivity index (χ2n) is 5.30. The number of rotatable bonds is 4. The van der Waals surface area contributed by atoms with Crippen LogP contribution in [0.15, 0.2) is 18.2 Å². The van der Waals surface area contributed by atoms with Gasteiger partial charge in [-0.25, -0.2) is 4.39 Å². The van der Waals surface area contributed by atoms with Crippen LogP contribution >= 0.6 is 0 Å². The summed E-state index contributed by atoms with van der Waals surface area (Å²) < 4.78 is 19.3. The van der Waals surface area contributed by atoms with Crippen molar-refractivity contribution in [1.82, 2.24) is 0 Å². The molecule has 0 spiro atoms. The Bertz CT molecular complexity index is 421. The van der Waals surface area contributed by atoms with E-state index in [4.69, 9.17) is 4.74 Å². The topological polar surface area (TPSA) is 32.7 Å². The summed E-state index contributed by atoms with van der Waals surface area (Å²) >= 11 is 0. The van der Waals surface area contributed by atoms with Gasteiger partial charge in [0.25, 0.3) is 0 Å². The van der Waals surface area contributed by atoms with Crippen molar-refractivity contribution >= 4 is 5.69 Å². The van der Waals surface area contributed by atoms with Gasteiger partial charge in [0.05, 0.1) is 18.4 Å². The molecule has 1 heterocycles. The summed E-state index contributed by atoms with van der Waals surface area (Å²) in [5, 5.41) is 9.46. The number of hydrogen-bond donors (Lipinski definition) is 1. The highest BCUT2D eigenvalue weighted by Gasteiger charge is 2.22. The highest BCUT2D eigenvalue weighted by Crippen LogP contribution is 2.27. The minimum Gasteiger partial charge on any atom is -0.389 e. The smallest absolute Gasteiger partial charge is 0.146 e. The van der Waals surface area contributed by atoms with Crippen molar-refractivity contribution in [2.24, 2.45) is 5.92 Å². The minimum absolute atomic E-state index is 0.253. The summed E-state index contributed by atoms with van der Waals surface area (Å²) in [5.74, 6) is 0.214. The number of nitrogens with zero attached hydrogens (tertiary/aromatic N) is 1. The maximum absolute atomic E-state index is 14.1. The summed E-state index contributed by atoms with van der Waals surface area (Å²) in [4.78, 5) is 2.08. The second-order valence-corrected chi connectivity index (χ2v) is 5.30. The lowest BCUT2D eigenvalue weighted by Crippen LogP contribution is -2.37. The Kier molecular flexibility index (Phi) is 4.77. The van der Waals surface area contributed by atoms with Crippen LogP contribution < -0.4 is 4.90 Å². The van der Waals surface area contributed by atoms with Crippen molar-refractivity contribution in [1.29, 1.82) is 0 Å². The van der Waals surface area contributed by atoms with E-state index < -0.39 is 6.10 Å². The number of aliphatic hydroxyl groups is 1. The van der Waals surface area contributed by atoms with Gasteiger partial charge in [0.15, 0.2) is 0 Å². The van der Waals surface area contributed by atoms with Gasteiger partial charge in [0.1, 0.15) is 5.82 Å². The van der Waals surface area contributed by atoms with Crippen molar-refractivity contribution in [3.8, 4) is 0 Å². The lowest BCUT2D eigenvalue weighted by atomic mass is 9.98. The number of ether oxygens (including phenoxy) is 1. The molecule has 2 rings (SSSR count). The summed E-state index contributed by atoms with van der Waals surface area (Å²) in [7, 11) is 1.71. The molecule has 1 N–H and O–H groups in total. The first kappa shape index (κ1) is 14.3. The maximum atomic E-state index is 14.1. The average molecular weight is 267 g/mol. The molecular weight excluding hydrogens is 245 g/mol. The summed E-state index contributed by atoms with van der Waals surface area (Å²) in [5.41, 5.74) is 1.25. The van der Waals surface area contributed by atoms with Gasteiger partial charge >= 0.3 is 0 Å². The Labute approximate surface area is 114 Å². The van der Waals surface area contributed by atoms with Gasteiger partial charge < -0.3 is 14.7 Å². The molecule has 1 saturated heterocycles. The van der Waals surface area contributed by atoms with E-state index in [2.05, 4.69) is 4.90 Å². The molecule has 1 aliphatic heterocycles. The highest BCUT2D eigenvalue weighted by molar-refractivity contribution is 5.49. The van der Waals surface area contributed by atoms with E-state index in [1.165, 1.54) is 6.07 Å². The van der Waals surface area contributed by atoms with Crippen LogP contribution in [-0.4, -0.2) is 31.9 Å². The molecule has 3 nitrogen and oxygen atoms in total. The summed E-state index contributed by atoms with van der Waals surface area (Å²) in [6, 6.07) is 5.00. The Balaban J connectivity index is 2.12. The molecule has 2 atom stereocenters. The van der Waals surface area contributed by atoms with Gasteiger partial charge in [0, 0.05) is 20.2 Å². The summed E-state index contributed by atoms with van der Waals surface area (Å²) in [6.07, 6.45) is 1.56. The predicted molar refractivity (Wildman–Crippen MR) is 73.8 cm³/mol. The van der Waals surface area contributed by atoms with Crippen LogP contribution in [0.1, 0.15) is 31.4 Å². The Morgan fingerprint density at radius 1 is 1.53 bits per heavy atom. The predicted octanol–water partition coefficient (Wildman–Crippen LogP) is 2.74. The molecule has 2 unspecified atom stereocenters. The van der Waals surface area contributed by atoms with Gasteiger partial charge in [-0.05, 0) is 43.4 Å². The maximum Gasteiger partial charge on any atom is 0.146 e. The molecule has 1 aromatic rings. The van der Waals surface area contributed by atoms with E-state index in [1.807, 2.05) is 0 Å². The lowest BCUT2D eigenvalue weighted by Gasteiger charge is -2.34. The standard InChI is InChI=1S/C15H22FNO2/c1-11(18)13-5-6-15(14(16)8-13)17-7-3-4-12(9-17)10-19-2/h5-6,8,11-12,18H,3-4,7,9-10H2,1-2H3. The monoisotopic (exact) mass is 267 g/mol. The number of hydrogen-bond acceptors (Lipinski definition) is 3. The molecule has 0 amide bonds. The van der Waals surface area contributed by atoms with E-state index in [9.17, 15) is 9.50 Å². The van der Waals surface area contributed by atoms with E-state index in [-0.39, 0.29) is 5.82 Å². The number of aliphatic hydroxyl groups excluding tert-OH is 1. The van der Waals surface area contributed by atoms with Crippen molar-refractivity contribution in [2.75, 3.05) is 31.7 Å². The number of halogens is 1. The zero-order valence-electron chi connectivity index (χ0n) is 11.6. The van der Waals surface area contributed by atoms with Crippen LogP contribution in [0.3, 0.4) is 0 Å². The second kappa shape index (κ2) is 6.35. The molecule has 1 aliphatic rings. The Morgan fingerprint density at radius 2 is 2.32 bits per heavy atom. The fourth-order valence-corrected chi connectivity index (χ4v) is 2.70. The van der Waals surface area contributed by atoms with E-state index >= 15 is 0 Å². The SMILES string of the molecule is COCC1CCCN(c2ccc(C(C)O)cc2F)C1. The fraction of sp³-hybridized carbons (Fsp3) is 0.600. The minimum atomic E-state index is -0.633. The third-order valence-electron chi connectivity index (χ3n) is 3.72. The highest BCUT2D eigenvalue weighted by atomic mass is 19.1. The van der Waals surface area contributed by atoms with Crippen LogP contribution in [0, 0.1) is 11.7 Å². The molecule has 4 heteroatoms. The first-order valence-electron chi connectivity index (χ1n) is 6.83.